The summed E-state index contributed by atoms with van der Waals surface area (Å²) >= 11 is 0. The smallest absolute Gasteiger partial charge is 0.216 e. The maximum Gasteiger partial charge on any atom is 0.216 e. The molecule has 3 N–H and O–H groups in total. The number of ketones is 1. The molecular formula is C16H21FN2O3. The molecule has 1 aromatic rings. The third-order valence-corrected chi connectivity index (χ3v) is 3.71. The number of halogens is 1. The predicted molar refractivity (Wildman–Crippen MR) is 81.5 cm³/mol. The molecule has 0 unspecified atom stereocenters. The van der Waals surface area contributed by atoms with Crippen molar-refractivity contribution in [2.24, 2.45) is 0 Å². The van der Waals surface area contributed by atoms with Gasteiger partial charge in [-0.1, -0.05) is 0 Å². The maximum absolute atomic E-state index is 14.1. The van der Waals surface area contributed by atoms with Crippen LogP contribution < -0.4 is 10.6 Å². The third kappa shape index (κ3) is 4.27. The molecule has 0 bridgehead atoms. The van der Waals surface area contributed by atoms with Gasteiger partial charge in [0.1, 0.15) is 5.82 Å². The Morgan fingerprint density at radius 1 is 1.32 bits per heavy atom. The fourth-order valence-corrected chi connectivity index (χ4v) is 2.52. The van der Waals surface area contributed by atoms with Gasteiger partial charge in [-0.05, 0) is 37.0 Å². The van der Waals surface area contributed by atoms with E-state index in [0.717, 1.165) is 24.8 Å². The fraction of sp³-hybridized carbons (Fsp3) is 0.500. The molecule has 0 heterocycles. The monoisotopic (exact) mass is 308 g/mol. The van der Waals surface area contributed by atoms with Gasteiger partial charge in [0, 0.05) is 32.0 Å². The van der Waals surface area contributed by atoms with E-state index < -0.39 is 11.9 Å². The summed E-state index contributed by atoms with van der Waals surface area (Å²) in [5, 5.41) is 15.0. The van der Waals surface area contributed by atoms with E-state index >= 15 is 0 Å². The van der Waals surface area contributed by atoms with Gasteiger partial charge in [-0.3, -0.25) is 9.59 Å². The van der Waals surface area contributed by atoms with Crippen LogP contribution in [0.25, 0.3) is 0 Å². The molecular weight excluding hydrogens is 287 g/mol. The molecule has 2 rings (SSSR count). The Kier molecular flexibility index (Phi) is 5.49. The molecule has 5 nitrogen and oxygen atoms in total. The molecule has 0 fully saturated rings. The van der Waals surface area contributed by atoms with Crippen molar-refractivity contribution in [3.63, 3.8) is 0 Å². The molecule has 1 aliphatic rings. The summed E-state index contributed by atoms with van der Waals surface area (Å²) in [6, 6.07) is 2.94. The van der Waals surface area contributed by atoms with Crippen molar-refractivity contribution in [1.29, 1.82) is 0 Å². The molecule has 0 saturated carbocycles. The molecule has 1 aromatic carbocycles. The van der Waals surface area contributed by atoms with Crippen molar-refractivity contribution in [1.82, 2.24) is 5.32 Å². The number of Topliss-reactive ketones (excluding diaryl/α,β-unsaturated/α-hetero) is 1. The molecule has 1 amide bonds. The van der Waals surface area contributed by atoms with E-state index in [2.05, 4.69) is 10.6 Å². The average molecular weight is 308 g/mol. The second-order valence-corrected chi connectivity index (χ2v) is 5.59. The number of hydrogen-bond donors (Lipinski definition) is 3. The van der Waals surface area contributed by atoms with Crippen LogP contribution in [0.5, 0.6) is 0 Å². The molecule has 0 radical (unpaired) electrons. The lowest BCUT2D eigenvalue weighted by molar-refractivity contribution is -0.119. The number of aliphatic hydroxyl groups is 1. The van der Waals surface area contributed by atoms with Crippen molar-refractivity contribution in [2.75, 3.05) is 18.4 Å². The van der Waals surface area contributed by atoms with Crippen molar-refractivity contribution in [3.05, 3.63) is 29.1 Å². The first-order chi connectivity index (χ1) is 10.5. The minimum absolute atomic E-state index is 0.0105. The van der Waals surface area contributed by atoms with Gasteiger partial charge in [-0.15, -0.1) is 0 Å². The van der Waals surface area contributed by atoms with Crippen LogP contribution in [0, 0.1) is 5.82 Å². The van der Waals surface area contributed by atoms with Crippen LogP contribution in [-0.2, 0) is 11.2 Å². The van der Waals surface area contributed by atoms with E-state index in [9.17, 15) is 19.1 Å². The lowest BCUT2D eigenvalue weighted by Crippen LogP contribution is -2.34. The van der Waals surface area contributed by atoms with Crippen LogP contribution >= 0.6 is 0 Å². The summed E-state index contributed by atoms with van der Waals surface area (Å²) in [6.07, 6.45) is 2.14. The molecule has 0 spiro atoms. The van der Waals surface area contributed by atoms with E-state index in [4.69, 9.17) is 0 Å². The number of anilines is 1. The molecule has 1 atom stereocenters. The SMILES string of the molecule is CC(=O)NC[C@H](O)CNc1cc2c(cc1F)C(=O)CCCC2. The zero-order chi connectivity index (χ0) is 16.1. The Balaban J connectivity index is 2.04. The topological polar surface area (TPSA) is 78.4 Å². The highest BCUT2D eigenvalue weighted by atomic mass is 19.1. The third-order valence-electron chi connectivity index (χ3n) is 3.71. The molecule has 22 heavy (non-hydrogen) atoms. The first-order valence-electron chi connectivity index (χ1n) is 7.49. The van der Waals surface area contributed by atoms with Gasteiger partial charge >= 0.3 is 0 Å². The van der Waals surface area contributed by atoms with Gasteiger partial charge in [0.2, 0.25) is 5.91 Å². The Morgan fingerprint density at radius 2 is 2.05 bits per heavy atom. The zero-order valence-electron chi connectivity index (χ0n) is 12.6. The maximum atomic E-state index is 14.1. The van der Waals surface area contributed by atoms with E-state index in [-0.39, 0.29) is 30.5 Å². The predicted octanol–water partition coefficient (Wildman–Crippen LogP) is 1.64. The van der Waals surface area contributed by atoms with Crippen LogP contribution in [0.1, 0.15) is 42.1 Å². The average Bonchev–Trinajstić information content (AvgIpc) is 2.65. The van der Waals surface area contributed by atoms with Crippen molar-refractivity contribution in [3.8, 4) is 0 Å². The second-order valence-electron chi connectivity index (χ2n) is 5.59. The zero-order valence-corrected chi connectivity index (χ0v) is 12.6. The van der Waals surface area contributed by atoms with Crippen LogP contribution in [0.3, 0.4) is 0 Å². The number of hydrogen-bond acceptors (Lipinski definition) is 4. The van der Waals surface area contributed by atoms with Gasteiger partial charge in [0.15, 0.2) is 5.78 Å². The molecule has 0 saturated heterocycles. The first-order valence-corrected chi connectivity index (χ1v) is 7.49. The van der Waals surface area contributed by atoms with Crippen molar-refractivity contribution in [2.45, 2.75) is 38.7 Å². The number of rotatable bonds is 5. The normalized spacial score (nSPS) is 15.7. The largest absolute Gasteiger partial charge is 0.389 e. The van der Waals surface area contributed by atoms with Gasteiger partial charge in [0.25, 0.3) is 0 Å². The summed E-state index contributed by atoms with van der Waals surface area (Å²) < 4.78 is 14.1. The van der Waals surface area contributed by atoms with Crippen LogP contribution in [0.2, 0.25) is 0 Å². The van der Waals surface area contributed by atoms with E-state index in [1.165, 1.54) is 13.0 Å². The molecule has 120 valence electrons. The van der Waals surface area contributed by atoms with Crippen molar-refractivity contribution >= 4 is 17.4 Å². The molecule has 6 heteroatoms. The highest BCUT2D eigenvalue weighted by Crippen LogP contribution is 2.26. The molecule has 0 aromatic heterocycles. The van der Waals surface area contributed by atoms with E-state index in [1.54, 1.807) is 6.07 Å². The molecule has 0 aliphatic heterocycles. The van der Waals surface area contributed by atoms with Gasteiger partial charge in [-0.2, -0.15) is 0 Å². The number of nitrogens with one attached hydrogen (secondary N) is 2. The fourth-order valence-electron chi connectivity index (χ4n) is 2.52. The lowest BCUT2D eigenvalue weighted by Gasteiger charge is -2.15. The standard InChI is InChI=1S/C16H21FN2O3/c1-10(20)18-8-12(21)9-19-15-6-11-4-2-3-5-16(22)13(11)7-14(15)17/h6-7,12,19,21H,2-5,8-9H2,1H3,(H,18,20)/t12-/m0/s1. The number of carbonyl (C=O) groups excluding carboxylic acids is 2. The quantitative estimate of drug-likeness (QED) is 0.723. The Bertz CT molecular complexity index is 575. The van der Waals surface area contributed by atoms with Crippen LogP contribution in [0.4, 0.5) is 10.1 Å². The highest BCUT2D eigenvalue weighted by Gasteiger charge is 2.18. The summed E-state index contributed by atoms with van der Waals surface area (Å²) in [7, 11) is 0. The van der Waals surface area contributed by atoms with Gasteiger partial charge in [-0.25, -0.2) is 4.39 Å². The minimum atomic E-state index is -0.816. The number of benzene rings is 1. The minimum Gasteiger partial charge on any atom is -0.389 e. The van der Waals surface area contributed by atoms with Crippen LogP contribution in [0.15, 0.2) is 12.1 Å². The number of aryl methyl sites for hydroxylation is 1. The molecule has 1 aliphatic carbocycles. The number of amides is 1. The summed E-state index contributed by atoms with van der Waals surface area (Å²) in [5.41, 5.74) is 1.59. The highest BCUT2D eigenvalue weighted by molar-refractivity contribution is 5.98. The summed E-state index contributed by atoms with van der Waals surface area (Å²) in [4.78, 5) is 22.7. The number of carbonyl (C=O) groups is 2. The number of aliphatic hydroxyl groups excluding tert-OH is 1. The summed E-state index contributed by atoms with van der Waals surface area (Å²) in [5.74, 6) is -0.738. The van der Waals surface area contributed by atoms with Crippen molar-refractivity contribution < 1.29 is 19.1 Å². The Morgan fingerprint density at radius 3 is 2.77 bits per heavy atom. The second kappa shape index (κ2) is 7.35. The van der Waals surface area contributed by atoms with Gasteiger partial charge in [0.05, 0.1) is 11.8 Å². The Hall–Kier alpha value is -1.95. The Labute approximate surface area is 128 Å². The van der Waals surface area contributed by atoms with Crippen LogP contribution in [-0.4, -0.2) is 36.0 Å². The van der Waals surface area contributed by atoms with Gasteiger partial charge < -0.3 is 15.7 Å². The summed E-state index contributed by atoms with van der Waals surface area (Å²) in [6.45, 7) is 1.58. The van der Waals surface area contributed by atoms with E-state index in [0.29, 0.717) is 12.0 Å². The lowest BCUT2D eigenvalue weighted by atomic mass is 10.0. The number of fused-ring (bicyclic) bond motifs is 1. The first kappa shape index (κ1) is 16.4. The van der Waals surface area contributed by atoms with E-state index in [1.807, 2.05) is 0 Å².